The number of aliphatic imine (C=N–C) groups is 1. The molecule has 1 saturated heterocycles. The first-order valence-corrected chi connectivity index (χ1v) is 9.43. The predicted molar refractivity (Wildman–Crippen MR) is 104 cm³/mol. The van der Waals surface area contributed by atoms with Gasteiger partial charge in [-0.05, 0) is 24.1 Å². The number of benzene rings is 1. The highest BCUT2D eigenvalue weighted by Gasteiger charge is 2.44. The number of hydrogen-bond acceptors (Lipinski definition) is 4. The molecular formula is C20H23N3OS. The maximum Gasteiger partial charge on any atom is 0.175 e. The fourth-order valence-corrected chi connectivity index (χ4v) is 4.05. The van der Waals surface area contributed by atoms with E-state index in [0.29, 0.717) is 18.8 Å². The van der Waals surface area contributed by atoms with E-state index >= 15 is 0 Å². The summed E-state index contributed by atoms with van der Waals surface area (Å²) in [5.41, 5.74) is 2.00. The molecule has 0 aliphatic carbocycles. The van der Waals surface area contributed by atoms with E-state index in [4.69, 9.17) is 0 Å². The van der Waals surface area contributed by atoms with Crippen molar-refractivity contribution in [3.05, 3.63) is 78.1 Å². The van der Waals surface area contributed by atoms with Gasteiger partial charge >= 0.3 is 0 Å². The summed E-state index contributed by atoms with van der Waals surface area (Å²) in [6.45, 7) is 7.00. The van der Waals surface area contributed by atoms with Crippen LogP contribution >= 0.6 is 11.8 Å². The van der Waals surface area contributed by atoms with Crippen LogP contribution in [0.2, 0.25) is 0 Å². The van der Waals surface area contributed by atoms with Crippen LogP contribution in [-0.4, -0.2) is 32.5 Å². The highest BCUT2D eigenvalue weighted by Crippen LogP contribution is 2.39. The van der Waals surface area contributed by atoms with Gasteiger partial charge in [-0.15, -0.1) is 6.58 Å². The Hall–Kier alpha value is -2.11. The van der Waals surface area contributed by atoms with Gasteiger partial charge in [0, 0.05) is 18.3 Å². The Morgan fingerprint density at radius 2 is 2.12 bits per heavy atom. The molecule has 4 nitrogen and oxygen atoms in total. The van der Waals surface area contributed by atoms with E-state index in [-0.39, 0.29) is 0 Å². The van der Waals surface area contributed by atoms with E-state index in [0.717, 1.165) is 22.8 Å². The SMILES string of the molecule is C=CCN1C(=NCc2ccccn2)SCC1(O)c1ccc(CC)cc1. The summed E-state index contributed by atoms with van der Waals surface area (Å²) >= 11 is 1.57. The van der Waals surface area contributed by atoms with E-state index in [1.165, 1.54) is 5.56 Å². The molecule has 1 aliphatic rings. The molecule has 0 saturated carbocycles. The third kappa shape index (κ3) is 3.78. The Kier molecular flexibility index (Phi) is 5.56. The van der Waals surface area contributed by atoms with Crippen LogP contribution in [0.25, 0.3) is 0 Å². The fourth-order valence-electron chi connectivity index (χ4n) is 2.86. The largest absolute Gasteiger partial charge is 0.366 e. The molecular weight excluding hydrogens is 330 g/mol. The molecule has 2 aromatic rings. The number of aliphatic hydroxyl groups is 1. The van der Waals surface area contributed by atoms with Gasteiger partial charge in [-0.3, -0.25) is 9.98 Å². The minimum atomic E-state index is -1.06. The van der Waals surface area contributed by atoms with Crippen molar-refractivity contribution in [2.24, 2.45) is 4.99 Å². The summed E-state index contributed by atoms with van der Waals surface area (Å²) in [5, 5.41) is 12.2. The molecule has 0 amide bonds. The lowest BCUT2D eigenvalue weighted by molar-refractivity contribution is -0.0423. The second-order valence-electron chi connectivity index (χ2n) is 5.97. The number of amidine groups is 1. The minimum absolute atomic E-state index is 0.502. The van der Waals surface area contributed by atoms with Crippen LogP contribution in [0.1, 0.15) is 23.7 Å². The van der Waals surface area contributed by atoms with Gasteiger partial charge in [0.05, 0.1) is 18.0 Å². The molecule has 130 valence electrons. The molecule has 25 heavy (non-hydrogen) atoms. The van der Waals surface area contributed by atoms with Gasteiger partial charge in [-0.2, -0.15) is 0 Å². The summed E-state index contributed by atoms with van der Waals surface area (Å²) in [5.74, 6) is 0.549. The summed E-state index contributed by atoms with van der Waals surface area (Å²) in [6, 6.07) is 14.0. The quantitative estimate of drug-likeness (QED) is 0.807. The maximum atomic E-state index is 11.3. The van der Waals surface area contributed by atoms with Crippen LogP contribution < -0.4 is 0 Å². The number of hydrogen-bond donors (Lipinski definition) is 1. The van der Waals surface area contributed by atoms with Gasteiger partial charge < -0.3 is 10.0 Å². The molecule has 0 spiro atoms. The van der Waals surface area contributed by atoms with Gasteiger partial charge in [0.15, 0.2) is 10.9 Å². The molecule has 1 fully saturated rings. The highest BCUT2D eigenvalue weighted by atomic mass is 32.2. The number of thioether (sulfide) groups is 1. The lowest BCUT2D eigenvalue weighted by atomic mass is 10.0. The van der Waals surface area contributed by atoms with Crippen molar-refractivity contribution in [2.75, 3.05) is 12.3 Å². The van der Waals surface area contributed by atoms with Crippen molar-refractivity contribution in [1.82, 2.24) is 9.88 Å². The average Bonchev–Trinajstić information content (AvgIpc) is 2.98. The summed E-state index contributed by atoms with van der Waals surface area (Å²) in [4.78, 5) is 10.9. The van der Waals surface area contributed by atoms with Crippen LogP contribution in [0.5, 0.6) is 0 Å². The van der Waals surface area contributed by atoms with Crippen molar-refractivity contribution in [1.29, 1.82) is 0 Å². The summed E-state index contributed by atoms with van der Waals surface area (Å²) in [7, 11) is 0. The normalized spacial score (nSPS) is 21.7. The van der Waals surface area contributed by atoms with Crippen molar-refractivity contribution in [3.63, 3.8) is 0 Å². The zero-order chi connectivity index (χ0) is 17.7. The number of pyridine rings is 1. The van der Waals surface area contributed by atoms with E-state index in [1.54, 1.807) is 24.0 Å². The van der Waals surface area contributed by atoms with Crippen molar-refractivity contribution < 1.29 is 5.11 Å². The number of rotatable bonds is 6. The monoisotopic (exact) mass is 353 g/mol. The Balaban J connectivity index is 1.86. The Bertz CT molecular complexity index is 745. The van der Waals surface area contributed by atoms with E-state index < -0.39 is 5.72 Å². The molecule has 5 heteroatoms. The summed E-state index contributed by atoms with van der Waals surface area (Å²) in [6.07, 6.45) is 4.55. The summed E-state index contributed by atoms with van der Waals surface area (Å²) < 4.78 is 0. The molecule has 1 aromatic heterocycles. The van der Waals surface area contributed by atoms with Crippen molar-refractivity contribution in [3.8, 4) is 0 Å². The Morgan fingerprint density at radius 1 is 1.32 bits per heavy atom. The topological polar surface area (TPSA) is 48.7 Å². The minimum Gasteiger partial charge on any atom is -0.366 e. The first-order valence-electron chi connectivity index (χ1n) is 8.45. The van der Waals surface area contributed by atoms with Gasteiger partial charge in [0.25, 0.3) is 0 Å². The standard InChI is InChI=1S/C20H23N3OS/c1-3-13-23-19(22-14-18-7-5-6-12-21-18)25-15-20(23,24)17-10-8-16(4-2)9-11-17/h3,5-12,24H,1,4,13-15H2,2H3. The van der Waals surface area contributed by atoms with Crippen LogP contribution in [0.4, 0.5) is 0 Å². The van der Waals surface area contributed by atoms with Gasteiger partial charge in [0.2, 0.25) is 0 Å². The first-order chi connectivity index (χ1) is 12.2. The zero-order valence-corrected chi connectivity index (χ0v) is 15.2. The molecule has 0 radical (unpaired) electrons. The van der Waals surface area contributed by atoms with Crippen molar-refractivity contribution >= 4 is 16.9 Å². The average molecular weight is 353 g/mol. The maximum absolute atomic E-state index is 11.3. The van der Waals surface area contributed by atoms with E-state index in [9.17, 15) is 5.11 Å². The lowest BCUT2D eigenvalue weighted by Gasteiger charge is -2.34. The van der Waals surface area contributed by atoms with Crippen molar-refractivity contribution in [2.45, 2.75) is 25.6 Å². The van der Waals surface area contributed by atoms with E-state index in [1.807, 2.05) is 35.2 Å². The van der Waals surface area contributed by atoms with Crippen LogP contribution in [0, 0.1) is 0 Å². The third-order valence-electron chi connectivity index (χ3n) is 4.32. The van der Waals surface area contributed by atoms with Crippen LogP contribution in [-0.2, 0) is 18.7 Å². The molecule has 1 aliphatic heterocycles. The number of aryl methyl sites for hydroxylation is 1. The highest BCUT2D eigenvalue weighted by molar-refractivity contribution is 8.14. The van der Waals surface area contributed by atoms with Gasteiger partial charge in [-0.1, -0.05) is 55.1 Å². The Morgan fingerprint density at radius 3 is 2.76 bits per heavy atom. The molecule has 0 bridgehead atoms. The molecule has 1 unspecified atom stereocenters. The lowest BCUT2D eigenvalue weighted by Crippen LogP contribution is -2.45. The number of aromatic nitrogens is 1. The first kappa shape index (κ1) is 17.7. The number of nitrogens with zero attached hydrogens (tertiary/aromatic N) is 3. The van der Waals surface area contributed by atoms with Crippen LogP contribution in [0.3, 0.4) is 0 Å². The predicted octanol–water partition coefficient (Wildman–Crippen LogP) is 3.58. The van der Waals surface area contributed by atoms with E-state index in [2.05, 4.69) is 35.6 Å². The molecule has 1 aromatic carbocycles. The Labute approximate surface area is 153 Å². The van der Waals surface area contributed by atoms with Gasteiger partial charge in [0.1, 0.15) is 0 Å². The molecule has 1 N–H and O–H groups in total. The second kappa shape index (κ2) is 7.85. The molecule has 2 heterocycles. The second-order valence-corrected chi connectivity index (χ2v) is 6.92. The van der Waals surface area contributed by atoms with Crippen LogP contribution in [0.15, 0.2) is 66.3 Å². The van der Waals surface area contributed by atoms with Gasteiger partial charge in [-0.25, -0.2) is 0 Å². The molecule has 3 rings (SSSR count). The fraction of sp³-hybridized carbons (Fsp3) is 0.300. The zero-order valence-electron chi connectivity index (χ0n) is 14.4. The third-order valence-corrected chi connectivity index (χ3v) is 5.47. The smallest absolute Gasteiger partial charge is 0.175 e. The molecule has 1 atom stereocenters.